The van der Waals surface area contributed by atoms with Crippen LogP contribution >= 0.6 is 11.8 Å². The molecular formula is C21H24F2N2O2S. The van der Waals surface area contributed by atoms with Gasteiger partial charge in [0.2, 0.25) is 5.91 Å². The van der Waals surface area contributed by atoms with Gasteiger partial charge in [0.15, 0.2) is 0 Å². The zero-order chi connectivity index (χ0) is 20.7. The minimum Gasteiger partial charge on any atom is -0.348 e. The SMILES string of the molecule is CSCCC(NC(=O)c1cccc(C)c1)C(=O)NC(C)c1ccc(F)cc1F. The average molecular weight is 406 g/mol. The third kappa shape index (κ3) is 6.05. The van der Waals surface area contributed by atoms with Gasteiger partial charge in [0.05, 0.1) is 6.04 Å². The Hall–Kier alpha value is -2.41. The second-order valence-corrected chi connectivity index (χ2v) is 7.56. The fraction of sp³-hybridized carbons (Fsp3) is 0.333. The van der Waals surface area contributed by atoms with Crippen LogP contribution in [0.5, 0.6) is 0 Å². The fourth-order valence-corrected chi connectivity index (χ4v) is 3.25. The maximum absolute atomic E-state index is 14.0. The number of amides is 2. The summed E-state index contributed by atoms with van der Waals surface area (Å²) >= 11 is 1.56. The van der Waals surface area contributed by atoms with E-state index in [0.29, 0.717) is 17.7 Å². The summed E-state index contributed by atoms with van der Waals surface area (Å²) in [6.07, 6.45) is 2.34. The first kappa shape index (κ1) is 21.9. The summed E-state index contributed by atoms with van der Waals surface area (Å²) < 4.78 is 27.1. The van der Waals surface area contributed by atoms with Crippen LogP contribution in [-0.4, -0.2) is 29.9 Å². The molecular weight excluding hydrogens is 382 g/mol. The summed E-state index contributed by atoms with van der Waals surface area (Å²) in [7, 11) is 0. The number of aryl methyl sites for hydroxylation is 1. The lowest BCUT2D eigenvalue weighted by Crippen LogP contribution is -2.47. The number of nitrogens with one attached hydrogen (secondary N) is 2. The molecule has 2 atom stereocenters. The van der Waals surface area contributed by atoms with Gasteiger partial charge in [-0.15, -0.1) is 0 Å². The largest absolute Gasteiger partial charge is 0.348 e. The van der Waals surface area contributed by atoms with Crippen LogP contribution in [0.2, 0.25) is 0 Å². The van der Waals surface area contributed by atoms with Gasteiger partial charge < -0.3 is 10.6 Å². The van der Waals surface area contributed by atoms with Gasteiger partial charge in [0, 0.05) is 17.2 Å². The van der Waals surface area contributed by atoms with Crippen molar-refractivity contribution in [2.45, 2.75) is 32.4 Å². The highest BCUT2D eigenvalue weighted by molar-refractivity contribution is 7.98. The van der Waals surface area contributed by atoms with Gasteiger partial charge in [-0.1, -0.05) is 23.8 Å². The molecule has 0 saturated carbocycles. The molecule has 2 amide bonds. The molecule has 0 bridgehead atoms. The van der Waals surface area contributed by atoms with E-state index in [4.69, 9.17) is 0 Å². The van der Waals surface area contributed by atoms with E-state index < -0.39 is 29.6 Å². The lowest BCUT2D eigenvalue weighted by molar-refractivity contribution is -0.123. The van der Waals surface area contributed by atoms with E-state index in [1.165, 1.54) is 6.07 Å². The van der Waals surface area contributed by atoms with Crippen molar-refractivity contribution in [3.63, 3.8) is 0 Å². The molecule has 28 heavy (non-hydrogen) atoms. The normalized spacial score (nSPS) is 12.9. The second-order valence-electron chi connectivity index (χ2n) is 6.57. The molecule has 2 unspecified atom stereocenters. The highest BCUT2D eigenvalue weighted by Crippen LogP contribution is 2.18. The first-order valence-electron chi connectivity index (χ1n) is 8.93. The molecule has 4 nitrogen and oxygen atoms in total. The molecule has 0 saturated heterocycles. The summed E-state index contributed by atoms with van der Waals surface area (Å²) in [6.45, 7) is 3.50. The van der Waals surface area contributed by atoms with Crippen molar-refractivity contribution in [2.24, 2.45) is 0 Å². The van der Waals surface area contributed by atoms with Gasteiger partial charge in [-0.25, -0.2) is 8.78 Å². The summed E-state index contributed by atoms with van der Waals surface area (Å²) in [5.41, 5.74) is 1.60. The molecule has 0 aromatic heterocycles. The number of carbonyl (C=O) groups excluding carboxylic acids is 2. The molecule has 150 valence electrons. The first-order chi connectivity index (χ1) is 13.3. The minimum absolute atomic E-state index is 0.184. The number of halogens is 2. The van der Waals surface area contributed by atoms with Crippen molar-refractivity contribution >= 4 is 23.6 Å². The molecule has 2 aromatic carbocycles. The van der Waals surface area contributed by atoms with E-state index in [9.17, 15) is 18.4 Å². The van der Waals surface area contributed by atoms with Crippen LogP contribution in [0.1, 0.15) is 40.9 Å². The molecule has 0 radical (unpaired) electrons. The minimum atomic E-state index is -0.758. The van der Waals surface area contributed by atoms with Crippen molar-refractivity contribution in [2.75, 3.05) is 12.0 Å². The predicted molar refractivity (Wildman–Crippen MR) is 108 cm³/mol. The van der Waals surface area contributed by atoms with Crippen LogP contribution < -0.4 is 10.6 Å². The van der Waals surface area contributed by atoms with Gasteiger partial charge >= 0.3 is 0 Å². The van der Waals surface area contributed by atoms with Gasteiger partial charge in [0.25, 0.3) is 5.91 Å². The fourth-order valence-electron chi connectivity index (χ4n) is 2.78. The van der Waals surface area contributed by atoms with Crippen molar-refractivity contribution in [3.8, 4) is 0 Å². The van der Waals surface area contributed by atoms with Crippen molar-refractivity contribution in [1.29, 1.82) is 0 Å². The van der Waals surface area contributed by atoms with Crippen LogP contribution in [-0.2, 0) is 4.79 Å². The van der Waals surface area contributed by atoms with Gasteiger partial charge in [-0.2, -0.15) is 11.8 Å². The molecule has 2 aromatic rings. The van der Waals surface area contributed by atoms with Crippen LogP contribution in [0, 0.1) is 18.6 Å². The topological polar surface area (TPSA) is 58.2 Å². The molecule has 2 N–H and O–H groups in total. The van der Waals surface area contributed by atoms with E-state index in [0.717, 1.165) is 17.7 Å². The molecule has 0 aliphatic carbocycles. The standard InChI is InChI=1S/C21H24F2N2O2S/c1-13-5-4-6-15(11-13)20(26)25-19(9-10-28-3)21(27)24-14(2)17-8-7-16(22)12-18(17)23/h4-8,11-12,14,19H,9-10H2,1-3H3,(H,24,27)(H,25,26). The number of hydrogen-bond acceptors (Lipinski definition) is 3. The van der Waals surface area contributed by atoms with E-state index in [1.807, 2.05) is 19.2 Å². The van der Waals surface area contributed by atoms with Gasteiger partial charge in [-0.3, -0.25) is 9.59 Å². The highest BCUT2D eigenvalue weighted by Gasteiger charge is 2.24. The first-order valence-corrected chi connectivity index (χ1v) is 10.3. The van der Waals surface area contributed by atoms with Crippen LogP contribution in [0.25, 0.3) is 0 Å². The monoisotopic (exact) mass is 406 g/mol. The van der Waals surface area contributed by atoms with Gasteiger partial charge in [-0.05, 0) is 50.5 Å². The smallest absolute Gasteiger partial charge is 0.251 e. The van der Waals surface area contributed by atoms with E-state index >= 15 is 0 Å². The molecule has 0 aliphatic rings. The predicted octanol–water partition coefficient (Wildman–Crippen LogP) is 4.00. The maximum Gasteiger partial charge on any atom is 0.251 e. The van der Waals surface area contributed by atoms with Crippen LogP contribution in [0.15, 0.2) is 42.5 Å². The summed E-state index contributed by atoms with van der Waals surface area (Å²) in [6, 6.07) is 8.89. The van der Waals surface area contributed by atoms with Gasteiger partial charge in [0.1, 0.15) is 17.7 Å². The molecule has 0 fully saturated rings. The Balaban J connectivity index is 2.10. The number of carbonyl (C=O) groups is 2. The lowest BCUT2D eigenvalue weighted by Gasteiger charge is -2.22. The Morgan fingerprint density at radius 1 is 1.11 bits per heavy atom. The molecule has 7 heteroatoms. The Labute approximate surface area is 168 Å². The molecule has 0 spiro atoms. The van der Waals surface area contributed by atoms with Crippen molar-refractivity contribution in [1.82, 2.24) is 10.6 Å². The quantitative estimate of drug-likeness (QED) is 0.697. The van der Waals surface area contributed by atoms with E-state index in [-0.39, 0.29) is 11.5 Å². The number of rotatable bonds is 8. The Morgan fingerprint density at radius 3 is 2.50 bits per heavy atom. The summed E-state index contributed by atoms with van der Waals surface area (Å²) in [5, 5.41) is 5.47. The van der Waals surface area contributed by atoms with Crippen molar-refractivity contribution in [3.05, 3.63) is 70.8 Å². The second kappa shape index (κ2) is 10.2. The summed E-state index contributed by atoms with van der Waals surface area (Å²) in [5.74, 6) is -1.48. The number of thioether (sulfide) groups is 1. The Kier molecular flexibility index (Phi) is 7.99. The average Bonchev–Trinajstić information content (AvgIpc) is 2.64. The third-order valence-corrected chi connectivity index (χ3v) is 4.94. The van der Waals surface area contributed by atoms with Crippen LogP contribution in [0.3, 0.4) is 0 Å². The lowest BCUT2D eigenvalue weighted by atomic mass is 10.1. The molecule has 2 rings (SSSR count). The van der Waals surface area contributed by atoms with E-state index in [2.05, 4.69) is 10.6 Å². The Morgan fingerprint density at radius 2 is 1.86 bits per heavy atom. The Bertz CT molecular complexity index is 845. The molecule has 0 aliphatic heterocycles. The van der Waals surface area contributed by atoms with Crippen molar-refractivity contribution < 1.29 is 18.4 Å². The number of hydrogen-bond donors (Lipinski definition) is 2. The summed E-state index contributed by atoms with van der Waals surface area (Å²) in [4.78, 5) is 25.2. The molecule has 0 heterocycles. The maximum atomic E-state index is 14.0. The van der Waals surface area contributed by atoms with Crippen LogP contribution in [0.4, 0.5) is 8.78 Å². The van der Waals surface area contributed by atoms with E-state index in [1.54, 1.807) is 36.9 Å². The number of benzene rings is 2. The third-order valence-electron chi connectivity index (χ3n) is 4.30. The zero-order valence-corrected chi connectivity index (χ0v) is 16.9. The highest BCUT2D eigenvalue weighted by atomic mass is 32.2. The zero-order valence-electron chi connectivity index (χ0n) is 16.1.